The molecule has 0 spiro atoms. The van der Waals surface area contributed by atoms with Gasteiger partial charge in [-0.1, -0.05) is 13.8 Å². The lowest BCUT2D eigenvalue weighted by Gasteiger charge is -2.19. The van der Waals surface area contributed by atoms with Crippen LogP contribution in [-0.2, 0) is 9.53 Å². The quantitative estimate of drug-likeness (QED) is 0.786. The molecule has 2 aliphatic heterocycles. The van der Waals surface area contributed by atoms with E-state index in [-0.39, 0.29) is 12.5 Å². The van der Waals surface area contributed by atoms with Crippen molar-refractivity contribution in [2.75, 3.05) is 37.0 Å². The Morgan fingerprint density at radius 3 is 2.71 bits per heavy atom. The van der Waals surface area contributed by atoms with Crippen LogP contribution >= 0.6 is 0 Å². The molecule has 0 bridgehead atoms. The maximum atomic E-state index is 11.2. The number of carbonyl (C=O) groups excluding carboxylic acids is 1. The molecule has 3 heterocycles. The highest BCUT2D eigenvalue weighted by Crippen LogP contribution is 2.27. The summed E-state index contributed by atoms with van der Waals surface area (Å²) in [6, 6.07) is 0. The fourth-order valence-corrected chi connectivity index (χ4v) is 1.69. The Morgan fingerprint density at radius 2 is 2.10 bits per heavy atom. The third-order valence-electron chi connectivity index (χ3n) is 2.49. The Hall–Kier alpha value is -2.35. The minimum Gasteiger partial charge on any atom is -0.477 e. The number of nitrogens with one attached hydrogen (secondary N) is 1. The van der Waals surface area contributed by atoms with E-state index in [1.54, 1.807) is 11.1 Å². The van der Waals surface area contributed by atoms with Crippen LogP contribution in [0.4, 0.5) is 11.6 Å². The van der Waals surface area contributed by atoms with Crippen molar-refractivity contribution in [2.24, 2.45) is 5.73 Å². The molecule has 1 amide bonds. The molecule has 1 aromatic rings. The molecule has 1 saturated heterocycles. The topological polar surface area (TPSA) is 103 Å². The van der Waals surface area contributed by atoms with Crippen LogP contribution in [0, 0.1) is 0 Å². The number of rotatable bonds is 1. The predicted molar refractivity (Wildman–Crippen MR) is 80.1 cm³/mol. The van der Waals surface area contributed by atoms with E-state index in [2.05, 4.69) is 27.6 Å². The van der Waals surface area contributed by atoms with Gasteiger partial charge in [0.25, 0.3) is 11.8 Å². The second-order valence-electron chi connectivity index (χ2n) is 3.61. The molecule has 21 heavy (non-hydrogen) atoms. The lowest BCUT2D eigenvalue weighted by Crippen LogP contribution is -2.28. The second-order valence-corrected chi connectivity index (χ2v) is 3.61. The van der Waals surface area contributed by atoms with Gasteiger partial charge in [0.2, 0.25) is 0 Å². The van der Waals surface area contributed by atoms with E-state index >= 15 is 0 Å². The van der Waals surface area contributed by atoms with Gasteiger partial charge in [-0.15, -0.1) is 0 Å². The molecule has 8 heteroatoms. The molecule has 2 aliphatic rings. The normalized spacial score (nSPS) is 15.3. The zero-order valence-electron chi connectivity index (χ0n) is 12.5. The zero-order valence-corrected chi connectivity index (χ0v) is 12.5. The number of carbonyl (C=O) groups is 1. The molecule has 1 fully saturated rings. The molecule has 8 nitrogen and oxygen atoms in total. The average Bonchev–Trinajstić information content (AvgIpc) is 2.96. The first-order chi connectivity index (χ1) is 10.2. The van der Waals surface area contributed by atoms with Crippen LogP contribution < -0.4 is 20.7 Å². The van der Waals surface area contributed by atoms with Gasteiger partial charge < -0.3 is 20.5 Å². The number of nitrogens with zero attached hydrogens (tertiary/aromatic N) is 3. The van der Waals surface area contributed by atoms with E-state index in [4.69, 9.17) is 9.47 Å². The van der Waals surface area contributed by atoms with Crippen molar-refractivity contribution in [1.82, 2.24) is 9.97 Å². The molecule has 3 N–H and O–H groups in total. The van der Waals surface area contributed by atoms with Gasteiger partial charge in [-0.05, 0) is 13.6 Å². The summed E-state index contributed by atoms with van der Waals surface area (Å²) < 4.78 is 10.4. The van der Waals surface area contributed by atoms with Crippen LogP contribution in [0.1, 0.15) is 13.8 Å². The molecule has 0 radical (unpaired) electrons. The first-order valence-electron chi connectivity index (χ1n) is 6.71. The van der Waals surface area contributed by atoms with E-state index in [0.717, 1.165) is 0 Å². The highest BCUT2D eigenvalue weighted by molar-refractivity contribution is 5.93. The molecular formula is C13H21N5O3. The van der Waals surface area contributed by atoms with Crippen LogP contribution in [-0.4, -0.2) is 42.7 Å². The molecule has 1 aromatic heterocycles. The summed E-state index contributed by atoms with van der Waals surface area (Å²) >= 11 is 0. The largest absolute Gasteiger partial charge is 0.477 e. The van der Waals surface area contributed by atoms with Crippen molar-refractivity contribution in [1.29, 1.82) is 0 Å². The first-order valence-corrected chi connectivity index (χ1v) is 6.71. The molecular weight excluding hydrogens is 274 g/mol. The number of anilines is 2. The van der Waals surface area contributed by atoms with E-state index in [1.165, 1.54) is 7.05 Å². The number of nitrogens with two attached hydrogens (primary N) is 1. The Labute approximate surface area is 124 Å². The molecule has 0 aromatic carbocycles. The molecule has 116 valence electrons. The van der Waals surface area contributed by atoms with Gasteiger partial charge in [0.1, 0.15) is 6.61 Å². The maximum absolute atomic E-state index is 11.2. The van der Waals surface area contributed by atoms with Crippen molar-refractivity contribution in [3.63, 3.8) is 0 Å². The fourth-order valence-electron chi connectivity index (χ4n) is 1.69. The molecule has 0 aliphatic carbocycles. The van der Waals surface area contributed by atoms with Crippen LogP contribution in [0.2, 0.25) is 0 Å². The van der Waals surface area contributed by atoms with E-state index in [1.807, 2.05) is 13.8 Å². The highest BCUT2D eigenvalue weighted by atomic mass is 16.5. The number of ether oxygens (including phenoxy) is 2. The monoisotopic (exact) mass is 295 g/mol. The minimum absolute atomic E-state index is 0.0272. The molecule has 0 atom stereocenters. The fraction of sp³-hybridized carbons (Fsp3) is 0.462. The Balaban J connectivity index is 0.000000510. The number of hydrogen-bond donors (Lipinski definition) is 2. The summed E-state index contributed by atoms with van der Waals surface area (Å²) in [4.78, 5) is 21.3. The van der Waals surface area contributed by atoms with Gasteiger partial charge >= 0.3 is 0 Å². The lowest BCUT2D eigenvalue weighted by atomic mass is 10.4. The summed E-state index contributed by atoms with van der Waals surface area (Å²) in [5.41, 5.74) is 4.50. The summed E-state index contributed by atoms with van der Waals surface area (Å²) in [5, 5.41) is 2.60. The lowest BCUT2D eigenvalue weighted by molar-refractivity contribution is -0.118. The summed E-state index contributed by atoms with van der Waals surface area (Å²) in [6.07, 6.45) is 1.57. The minimum atomic E-state index is -0.236. The summed E-state index contributed by atoms with van der Waals surface area (Å²) in [6.45, 7) is 8.97. The third kappa shape index (κ3) is 3.82. The predicted octanol–water partition coefficient (Wildman–Crippen LogP) is 0.716. The van der Waals surface area contributed by atoms with Gasteiger partial charge in [-0.25, -0.2) is 9.97 Å². The summed E-state index contributed by atoms with van der Waals surface area (Å²) in [7, 11) is 1.50. The van der Waals surface area contributed by atoms with Crippen LogP contribution in [0.3, 0.4) is 0 Å². The Kier molecular flexibility index (Phi) is 6.41. The van der Waals surface area contributed by atoms with Gasteiger partial charge in [0.05, 0.1) is 12.7 Å². The number of hydrogen-bond acceptors (Lipinski definition) is 7. The van der Waals surface area contributed by atoms with Crippen LogP contribution in [0.25, 0.3) is 0 Å². The van der Waals surface area contributed by atoms with E-state index in [9.17, 15) is 4.79 Å². The van der Waals surface area contributed by atoms with Gasteiger partial charge in [-0.2, -0.15) is 0 Å². The van der Waals surface area contributed by atoms with Crippen molar-refractivity contribution in [2.45, 2.75) is 13.8 Å². The summed E-state index contributed by atoms with van der Waals surface area (Å²) in [5.74, 6) is 1.54. The smallest absolute Gasteiger partial charge is 0.263 e. The van der Waals surface area contributed by atoms with Crippen LogP contribution in [0.5, 0.6) is 5.88 Å². The standard InChI is InChI=1S/C10H10N4O3.C2H6.CH5N/c1-6-14(2-3-16-6)7-4-11-10-9(12-7)13-8(15)5-17-10;2*1-2/h4H,1-3,5H2,(H,12,13,15);1-2H3;2H2,1H3. The van der Waals surface area contributed by atoms with Crippen molar-refractivity contribution < 1.29 is 14.3 Å². The Bertz CT molecular complexity index is 507. The molecule has 0 unspecified atom stereocenters. The van der Waals surface area contributed by atoms with Crippen molar-refractivity contribution in [3.8, 4) is 5.88 Å². The van der Waals surface area contributed by atoms with Crippen molar-refractivity contribution in [3.05, 3.63) is 18.7 Å². The molecule has 0 saturated carbocycles. The van der Waals surface area contributed by atoms with Crippen LogP contribution in [0.15, 0.2) is 18.7 Å². The van der Waals surface area contributed by atoms with Gasteiger partial charge in [0.15, 0.2) is 24.1 Å². The SMILES string of the molecule is C=C1OCCN1c1cnc2c(n1)NC(=O)CO2.CC.CN. The van der Waals surface area contributed by atoms with Gasteiger partial charge in [-0.3, -0.25) is 9.69 Å². The number of aromatic nitrogens is 2. The molecule has 3 rings (SSSR count). The second kappa shape index (κ2) is 8.05. The number of amides is 1. The van der Waals surface area contributed by atoms with Gasteiger partial charge in [0, 0.05) is 0 Å². The third-order valence-corrected chi connectivity index (χ3v) is 2.49. The van der Waals surface area contributed by atoms with Crippen molar-refractivity contribution >= 4 is 17.5 Å². The van der Waals surface area contributed by atoms with E-state index in [0.29, 0.717) is 36.6 Å². The Morgan fingerprint density at radius 1 is 1.38 bits per heavy atom. The van der Waals surface area contributed by atoms with E-state index < -0.39 is 0 Å². The zero-order chi connectivity index (χ0) is 15.8. The highest BCUT2D eigenvalue weighted by Gasteiger charge is 2.24. The first kappa shape index (κ1) is 16.7. The number of fused-ring (bicyclic) bond motifs is 1. The average molecular weight is 295 g/mol. The maximum Gasteiger partial charge on any atom is 0.263 e.